The molecule has 0 heterocycles. The molecule has 4 aromatic carbocycles. The van der Waals surface area contributed by atoms with Crippen molar-refractivity contribution in [1.29, 1.82) is 0 Å². The first-order chi connectivity index (χ1) is 21.9. The van der Waals surface area contributed by atoms with Crippen molar-refractivity contribution in [2.24, 2.45) is 0 Å². The summed E-state index contributed by atoms with van der Waals surface area (Å²) >= 11 is 3.47. The molecule has 242 valence electrons. The zero-order valence-electron chi connectivity index (χ0n) is 27.0. The van der Waals surface area contributed by atoms with Crippen molar-refractivity contribution in [1.82, 2.24) is 10.2 Å². The van der Waals surface area contributed by atoms with Crippen LogP contribution in [0.25, 0.3) is 0 Å². The van der Waals surface area contributed by atoms with E-state index in [1.807, 2.05) is 95.3 Å². The minimum absolute atomic E-state index is 0.0848. The third-order valence-corrected chi connectivity index (χ3v) is 10.6. The average molecular weight is 705 g/mol. The Bertz CT molecular complexity index is 1740. The van der Waals surface area contributed by atoms with Crippen molar-refractivity contribution >= 4 is 43.5 Å². The van der Waals surface area contributed by atoms with E-state index >= 15 is 0 Å². The summed E-state index contributed by atoms with van der Waals surface area (Å²) in [5.74, 6) is -0.775. The molecule has 4 aromatic rings. The minimum atomic E-state index is -4.17. The van der Waals surface area contributed by atoms with Gasteiger partial charge in [-0.1, -0.05) is 95.1 Å². The number of hydrogen-bond donors (Lipinski definition) is 1. The molecular formula is C37H42BrN3O4S. The SMILES string of the molecule is CC[C@@H](C)NC(=O)[C@@H](Cc1ccccc1)N(Cc1ccc(Br)cc1)C(=O)CN(c1cccc(C)c1C)S(=O)(=O)c1ccc(C)cc1. The van der Waals surface area contributed by atoms with Gasteiger partial charge in [0, 0.05) is 23.5 Å². The molecule has 2 atom stereocenters. The van der Waals surface area contributed by atoms with Crippen LogP contribution in [0.4, 0.5) is 5.69 Å². The summed E-state index contributed by atoms with van der Waals surface area (Å²) in [6.45, 7) is 9.19. The highest BCUT2D eigenvalue weighted by Crippen LogP contribution is 2.29. The molecule has 0 aliphatic carbocycles. The molecule has 9 heteroatoms. The first-order valence-corrected chi connectivity index (χ1v) is 17.7. The van der Waals surface area contributed by atoms with E-state index in [1.54, 1.807) is 36.4 Å². The normalized spacial score (nSPS) is 12.7. The molecule has 0 fully saturated rings. The van der Waals surface area contributed by atoms with Crippen LogP contribution in [0.1, 0.15) is 48.1 Å². The Balaban J connectivity index is 1.83. The van der Waals surface area contributed by atoms with Crippen molar-refractivity contribution < 1.29 is 18.0 Å². The predicted octanol–water partition coefficient (Wildman–Crippen LogP) is 7.12. The second-order valence-electron chi connectivity index (χ2n) is 11.7. The molecule has 1 N–H and O–H groups in total. The molecule has 0 radical (unpaired) electrons. The number of hydrogen-bond acceptors (Lipinski definition) is 4. The smallest absolute Gasteiger partial charge is 0.264 e. The van der Waals surface area contributed by atoms with E-state index in [0.717, 1.165) is 38.7 Å². The highest BCUT2D eigenvalue weighted by molar-refractivity contribution is 9.10. The van der Waals surface area contributed by atoms with Gasteiger partial charge >= 0.3 is 0 Å². The Labute approximate surface area is 281 Å². The van der Waals surface area contributed by atoms with Gasteiger partial charge in [-0.2, -0.15) is 0 Å². The molecule has 0 aromatic heterocycles. The predicted molar refractivity (Wildman–Crippen MR) is 188 cm³/mol. The standard InChI is InChI=1S/C37H42BrN3O4S/c1-6-28(4)39-37(43)35(23-30-12-8-7-9-13-30)40(24-31-17-19-32(38)20-18-31)36(42)25-41(34-14-10-11-27(3)29(34)5)46(44,45)33-21-15-26(2)16-22-33/h7-22,28,35H,6,23-25H2,1-5H3,(H,39,43)/t28-,35-/m1/s1. The van der Waals surface area contributed by atoms with Crippen LogP contribution < -0.4 is 9.62 Å². The number of amides is 2. The van der Waals surface area contributed by atoms with Crippen LogP contribution in [0.15, 0.2) is 106 Å². The minimum Gasteiger partial charge on any atom is -0.352 e. The Hall–Kier alpha value is -3.95. The van der Waals surface area contributed by atoms with Gasteiger partial charge in [0.05, 0.1) is 10.6 Å². The number of anilines is 1. The van der Waals surface area contributed by atoms with Gasteiger partial charge < -0.3 is 10.2 Å². The summed E-state index contributed by atoms with van der Waals surface area (Å²) in [5.41, 5.74) is 4.69. The highest BCUT2D eigenvalue weighted by atomic mass is 79.9. The van der Waals surface area contributed by atoms with Crippen molar-refractivity contribution in [2.75, 3.05) is 10.8 Å². The van der Waals surface area contributed by atoms with E-state index < -0.39 is 28.5 Å². The molecule has 7 nitrogen and oxygen atoms in total. The zero-order chi connectivity index (χ0) is 33.4. The number of sulfonamides is 1. The van der Waals surface area contributed by atoms with E-state index in [9.17, 15) is 18.0 Å². The highest BCUT2D eigenvalue weighted by Gasteiger charge is 2.35. The summed E-state index contributed by atoms with van der Waals surface area (Å²) < 4.78 is 30.7. The molecule has 0 bridgehead atoms. The molecule has 0 aliphatic heterocycles. The van der Waals surface area contributed by atoms with Gasteiger partial charge in [-0.15, -0.1) is 0 Å². The fourth-order valence-corrected chi connectivity index (χ4v) is 6.87. The van der Waals surface area contributed by atoms with Crippen molar-refractivity contribution in [3.05, 3.63) is 129 Å². The maximum absolute atomic E-state index is 14.6. The zero-order valence-corrected chi connectivity index (χ0v) is 29.4. The number of nitrogens with zero attached hydrogens (tertiary/aromatic N) is 2. The molecule has 0 saturated heterocycles. The third-order valence-electron chi connectivity index (χ3n) is 8.27. The molecular weight excluding hydrogens is 662 g/mol. The quantitative estimate of drug-likeness (QED) is 0.161. The van der Waals surface area contributed by atoms with Gasteiger partial charge in [-0.25, -0.2) is 8.42 Å². The summed E-state index contributed by atoms with van der Waals surface area (Å²) in [4.78, 5) is 30.2. The van der Waals surface area contributed by atoms with Gasteiger partial charge in [0.15, 0.2) is 0 Å². The fraction of sp³-hybridized carbons (Fsp3) is 0.297. The summed E-state index contributed by atoms with van der Waals surface area (Å²) in [6, 6.07) is 28.1. The summed E-state index contributed by atoms with van der Waals surface area (Å²) in [5, 5.41) is 3.07. The number of rotatable bonds is 13. The second kappa shape index (κ2) is 15.6. The number of carbonyl (C=O) groups is 2. The lowest BCUT2D eigenvalue weighted by Crippen LogP contribution is -2.54. The molecule has 2 amide bonds. The number of halogens is 1. The van der Waals surface area contributed by atoms with Crippen molar-refractivity contribution in [3.8, 4) is 0 Å². The first kappa shape index (κ1) is 34.9. The molecule has 0 saturated carbocycles. The Morgan fingerprint density at radius 3 is 2.11 bits per heavy atom. The average Bonchev–Trinajstić information content (AvgIpc) is 3.04. The van der Waals surface area contributed by atoms with Gasteiger partial charge in [0.2, 0.25) is 11.8 Å². The van der Waals surface area contributed by atoms with Crippen LogP contribution in [-0.2, 0) is 32.6 Å². The van der Waals surface area contributed by atoms with Gasteiger partial charge in [-0.3, -0.25) is 13.9 Å². The number of benzene rings is 4. The van der Waals surface area contributed by atoms with E-state index in [1.165, 1.54) is 9.21 Å². The number of carbonyl (C=O) groups excluding carboxylic acids is 2. The maximum atomic E-state index is 14.6. The van der Waals surface area contributed by atoms with Gasteiger partial charge in [-0.05, 0) is 86.7 Å². The van der Waals surface area contributed by atoms with Crippen LogP contribution in [0.3, 0.4) is 0 Å². The lowest BCUT2D eigenvalue weighted by Gasteiger charge is -2.34. The largest absolute Gasteiger partial charge is 0.352 e. The van der Waals surface area contributed by atoms with E-state index in [2.05, 4.69) is 21.2 Å². The summed E-state index contributed by atoms with van der Waals surface area (Å²) in [7, 11) is -4.17. The van der Waals surface area contributed by atoms with E-state index in [0.29, 0.717) is 5.69 Å². The van der Waals surface area contributed by atoms with Crippen LogP contribution in [0, 0.1) is 20.8 Å². The van der Waals surface area contributed by atoms with Crippen LogP contribution in [0.2, 0.25) is 0 Å². The lowest BCUT2D eigenvalue weighted by molar-refractivity contribution is -0.140. The Morgan fingerprint density at radius 2 is 1.48 bits per heavy atom. The second-order valence-corrected chi connectivity index (χ2v) is 14.5. The monoisotopic (exact) mass is 703 g/mol. The molecule has 0 unspecified atom stereocenters. The van der Waals surface area contributed by atoms with E-state index in [-0.39, 0.29) is 29.8 Å². The molecule has 0 spiro atoms. The molecule has 0 aliphatic rings. The first-order valence-electron chi connectivity index (χ1n) is 15.4. The van der Waals surface area contributed by atoms with Crippen molar-refractivity contribution in [2.45, 2.75) is 71.0 Å². The fourth-order valence-electron chi connectivity index (χ4n) is 5.14. The van der Waals surface area contributed by atoms with E-state index in [4.69, 9.17) is 0 Å². The number of nitrogens with one attached hydrogen (secondary N) is 1. The molecule has 46 heavy (non-hydrogen) atoms. The molecule has 4 rings (SSSR count). The third kappa shape index (κ3) is 8.65. The summed E-state index contributed by atoms with van der Waals surface area (Å²) in [6.07, 6.45) is 0.985. The maximum Gasteiger partial charge on any atom is 0.264 e. The lowest BCUT2D eigenvalue weighted by atomic mass is 10.0. The van der Waals surface area contributed by atoms with Crippen LogP contribution >= 0.6 is 15.9 Å². The Kier molecular flexibility index (Phi) is 11.8. The van der Waals surface area contributed by atoms with Gasteiger partial charge in [0.1, 0.15) is 12.6 Å². The van der Waals surface area contributed by atoms with Crippen molar-refractivity contribution in [3.63, 3.8) is 0 Å². The van der Waals surface area contributed by atoms with Crippen LogP contribution in [0.5, 0.6) is 0 Å². The topological polar surface area (TPSA) is 86.8 Å². The van der Waals surface area contributed by atoms with Gasteiger partial charge in [0.25, 0.3) is 10.0 Å². The van der Waals surface area contributed by atoms with Crippen LogP contribution in [-0.4, -0.2) is 43.8 Å². The Morgan fingerprint density at radius 1 is 0.826 bits per heavy atom. The number of aryl methyl sites for hydroxylation is 2.